The molecule has 3 N–H and O–H groups in total. The number of hydrogen-bond acceptors (Lipinski definition) is 5. The van der Waals surface area contributed by atoms with Gasteiger partial charge in [0.1, 0.15) is 0 Å². The minimum Gasteiger partial charge on any atom is -0.466 e. The van der Waals surface area contributed by atoms with Gasteiger partial charge in [-0.2, -0.15) is 0 Å². The van der Waals surface area contributed by atoms with E-state index in [1.165, 1.54) is 257 Å². The summed E-state index contributed by atoms with van der Waals surface area (Å²) in [5.41, 5.74) is 0. The van der Waals surface area contributed by atoms with E-state index < -0.39 is 12.1 Å². The van der Waals surface area contributed by atoms with Gasteiger partial charge in [0.25, 0.3) is 0 Å². The van der Waals surface area contributed by atoms with E-state index in [0.29, 0.717) is 19.4 Å². The zero-order valence-corrected chi connectivity index (χ0v) is 46.6. The third-order valence-electron chi connectivity index (χ3n) is 14.5. The average molecular weight is 973 g/mol. The van der Waals surface area contributed by atoms with Gasteiger partial charge in [-0.05, 0) is 57.8 Å². The highest BCUT2D eigenvalue weighted by Gasteiger charge is 2.18. The second-order valence-electron chi connectivity index (χ2n) is 21.4. The van der Waals surface area contributed by atoms with Gasteiger partial charge in [0.15, 0.2) is 0 Å². The number of carbonyl (C=O) groups excluding carboxylic acids is 2. The first-order chi connectivity index (χ1) is 34.0. The summed E-state index contributed by atoms with van der Waals surface area (Å²) in [7, 11) is 0. The molecule has 0 aliphatic carbocycles. The van der Waals surface area contributed by atoms with Gasteiger partial charge in [0.05, 0.1) is 25.4 Å². The van der Waals surface area contributed by atoms with Crippen molar-refractivity contribution < 1.29 is 24.5 Å². The molecule has 0 aromatic carbocycles. The number of allylic oxidation sites excluding steroid dienone is 3. The van der Waals surface area contributed by atoms with Crippen molar-refractivity contribution in [3.8, 4) is 0 Å². The topological polar surface area (TPSA) is 95.9 Å². The summed E-state index contributed by atoms with van der Waals surface area (Å²) in [4.78, 5) is 24.6. The molecule has 69 heavy (non-hydrogen) atoms. The quantitative estimate of drug-likeness (QED) is 0.0321. The van der Waals surface area contributed by atoms with Gasteiger partial charge in [-0.15, -0.1) is 0 Å². The van der Waals surface area contributed by atoms with E-state index in [-0.39, 0.29) is 18.5 Å². The molecule has 6 nitrogen and oxygen atoms in total. The monoisotopic (exact) mass is 972 g/mol. The second-order valence-corrected chi connectivity index (χ2v) is 21.4. The Morgan fingerprint density at radius 3 is 1.03 bits per heavy atom. The number of amides is 1. The molecular formula is C63H121NO5. The number of nitrogens with one attached hydrogen (secondary N) is 1. The Bertz CT molecular complexity index is 1080. The van der Waals surface area contributed by atoms with Crippen LogP contribution in [0, 0.1) is 0 Å². The molecule has 0 aromatic heterocycles. The summed E-state index contributed by atoms with van der Waals surface area (Å²) in [5, 5.41) is 23.1. The molecule has 0 aliphatic rings. The van der Waals surface area contributed by atoms with E-state index in [0.717, 1.165) is 57.8 Å². The molecule has 2 unspecified atom stereocenters. The number of carbonyl (C=O) groups is 2. The lowest BCUT2D eigenvalue weighted by Gasteiger charge is -2.20. The summed E-state index contributed by atoms with van der Waals surface area (Å²) in [6, 6.07) is -0.637. The fourth-order valence-electron chi connectivity index (χ4n) is 9.69. The van der Waals surface area contributed by atoms with Gasteiger partial charge in [-0.25, -0.2) is 0 Å². The van der Waals surface area contributed by atoms with Crippen molar-refractivity contribution in [2.45, 2.75) is 353 Å². The molecule has 0 radical (unpaired) electrons. The molecule has 2 atom stereocenters. The average Bonchev–Trinajstić information content (AvgIpc) is 3.35. The Kier molecular flexibility index (Phi) is 57.5. The van der Waals surface area contributed by atoms with E-state index in [4.69, 9.17) is 4.74 Å². The van der Waals surface area contributed by atoms with Crippen LogP contribution in [-0.2, 0) is 14.3 Å². The third-order valence-corrected chi connectivity index (χ3v) is 14.5. The van der Waals surface area contributed by atoms with Crippen LogP contribution in [0.4, 0.5) is 0 Å². The standard InChI is InChI=1S/C63H121NO5/c1-3-5-7-9-11-13-15-17-19-21-22-25-29-33-37-41-45-49-53-57-63(68)69-58-54-50-46-42-38-34-30-26-23-24-28-32-36-40-44-48-52-56-62(67)64-60(59-65)61(66)55-51-47-43-39-35-31-27-20-18-16-14-12-10-8-6-4-2/h23,26,51,55,60-61,65-66H,3-22,24-25,27-50,52-54,56-59H2,1-2H3,(H,64,67)/b26-23-,55-51+. The van der Waals surface area contributed by atoms with Crippen molar-refractivity contribution in [2.24, 2.45) is 0 Å². The largest absolute Gasteiger partial charge is 0.466 e. The molecule has 0 aliphatic heterocycles. The zero-order valence-electron chi connectivity index (χ0n) is 46.6. The maximum Gasteiger partial charge on any atom is 0.305 e. The molecule has 0 saturated carbocycles. The van der Waals surface area contributed by atoms with Crippen molar-refractivity contribution in [3.63, 3.8) is 0 Å². The molecular weight excluding hydrogens is 851 g/mol. The molecule has 6 heteroatoms. The lowest BCUT2D eigenvalue weighted by molar-refractivity contribution is -0.143. The molecule has 0 bridgehead atoms. The summed E-state index contributed by atoms with van der Waals surface area (Å²) in [5.74, 6) is -0.0756. The molecule has 1 amide bonds. The van der Waals surface area contributed by atoms with Crippen LogP contribution in [0.2, 0.25) is 0 Å². The van der Waals surface area contributed by atoms with Gasteiger partial charge < -0.3 is 20.3 Å². The fraction of sp³-hybridized carbons (Fsp3) is 0.905. The summed E-state index contributed by atoms with van der Waals surface area (Å²) in [6.45, 7) is 4.91. The summed E-state index contributed by atoms with van der Waals surface area (Å²) in [6.07, 6.45) is 72.1. The van der Waals surface area contributed by atoms with E-state index in [1.807, 2.05) is 6.08 Å². The van der Waals surface area contributed by atoms with E-state index >= 15 is 0 Å². The number of hydrogen-bond donors (Lipinski definition) is 3. The van der Waals surface area contributed by atoms with Crippen LogP contribution in [0.3, 0.4) is 0 Å². The number of unbranched alkanes of at least 4 members (excludes halogenated alkanes) is 45. The van der Waals surface area contributed by atoms with Gasteiger partial charge in [0.2, 0.25) is 5.91 Å². The first kappa shape index (κ1) is 67.3. The molecule has 0 saturated heterocycles. The van der Waals surface area contributed by atoms with Crippen molar-refractivity contribution in [3.05, 3.63) is 24.3 Å². The third kappa shape index (κ3) is 55.5. The normalized spacial score (nSPS) is 12.7. The van der Waals surface area contributed by atoms with Crippen LogP contribution in [0.5, 0.6) is 0 Å². The van der Waals surface area contributed by atoms with E-state index in [2.05, 4.69) is 31.3 Å². The van der Waals surface area contributed by atoms with Gasteiger partial charge in [-0.1, -0.05) is 295 Å². The lowest BCUT2D eigenvalue weighted by Crippen LogP contribution is -2.45. The zero-order chi connectivity index (χ0) is 50.0. The number of rotatable bonds is 58. The first-order valence-electron chi connectivity index (χ1n) is 31.1. The predicted molar refractivity (Wildman–Crippen MR) is 301 cm³/mol. The van der Waals surface area contributed by atoms with Crippen LogP contribution in [0.15, 0.2) is 24.3 Å². The minimum absolute atomic E-state index is 0.00243. The van der Waals surface area contributed by atoms with Crippen molar-refractivity contribution in [1.82, 2.24) is 5.32 Å². The smallest absolute Gasteiger partial charge is 0.305 e. The van der Waals surface area contributed by atoms with Gasteiger partial charge >= 0.3 is 5.97 Å². The number of ether oxygens (including phenoxy) is 1. The first-order valence-corrected chi connectivity index (χ1v) is 31.1. The SMILES string of the molecule is CCCCCCCCCCCCCCCC/C=C/C(O)C(CO)NC(=O)CCCCCCCCC/C=C\CCCCCCCCOC(=O)CCCCCCCCCCCCCCCCCCCCC. The molecule has 0 spiro atoms. The molecule has 0 fully saturated rings. The van der Waals surface area contributed by atoms with E-state index in [1.54, 1.807) is 6.08 Å². The fourth-order valence-corrected chi connectivity index (χ4v) is 9.69. The Labute approximate surface area is 431 Å². The molecule has 0 rings (SSSR count). The van der Waals surface area contributed by atoms with E-state index in [9.17, 15) is 19.8 Å². The van der Waals surface area contributed by atoms with Gasteiger partial charge in [0, 0.05) is 12.8 Å². The summed E-state index contributed by atoms with van der Waals surface area (Å²) >= 11 is 0. The molecule has 0 heterocycles. The highest BCUT2D eigenvalue weighted by Crippen LogP contribution is 2.17. The van der Waals surface area contributed by atoms with Gasteiger partial charge in [-0.3, -0.25) is 9.59 Å². The summed E-state index contributed by atoms with van der Waals surface area (Å²) < 4.78 is 5.49. The van der Waals surface area contributed by atoms with Crippen LogP contribution in [0.25, 0.3) is 0 Å². The maximum absolute atomic E-state index is 12.5. The number of aliphatic hydroxyl groups is 2. The van der Waals surface area contributed by atoms with Crippen molar-refractivity contribution >= 4 is 11.9 Å². The van der Waals surface area contributed by atoms with Crippen molar-refractivity contribution in [2.75, 3.05) is 13.2 Å². The van der Waals surface area contributed by atoms with Crippen LogP contribution >= 0.6 is 0 Å². The number of aliphatic hydroxyl groups excluding tert-OH is 2. The second kappa shape index (κ2) is 58.9. The van der Waals surface area contributed by atoms with Crippen molar-refractivity contribution in [1.29, 1.82) is 0 Å². The highest BCUT2D eigenvalue weighted by atomic mass is 16.5. The Morgan fingerprint density at radius 2 is 0.681 bits per heavy atom. The predicted octanol–water partition coefficient (Wildman–Crippen LogP) is 19.4. The Balaban J connectivity index is 3.45. The highest BCUT2D eigenvalue weighted by molar-refractivity contribution is 5.76. The van der Waals surface area contributed by atoms with Crippen LogP contribution in [0.1, 0.15) is 341 Å². The molecule has 0 aromatic rings. The maximum atomic E-state index is 12.5. The van der Waals surface area contributed by atoms with Crippen LogP contribution < -0.4 is 5.32 Å². The Hall–Kier alpha value is -1.66. The number of esters is 1. The molecule has 408 valence electrons. The Morgan fingerprint density at radius 1 is 0.391 bits per heavy atom. The minimum atomic E-state index is -0.852. The lowest BCUT2D eigenvalue weighted by atomic mass is 10.0. The van der Waals surface area contributed by atoms with Crippen LogP contribution in [-0.4, -0.2) is 47.4 Å².